The zero-order valence-corrected chi connectivity index (χ0v) is 12.1. The molecule has 0 radical (unpaired) electrons. The van der Waals surface area contributed by atoms with Crippen molar-refractivity contribution in [1.29, 1.82) is 0 Å². The molecule has 2 N–H and O–H groups in total. The third kappa shape index (κ3) is 4.13. The van der Waals surface area contributed by atoms with Crippen LogP contribution in [-0.4, -0.2) is 29.4 Å². The van der Waals surface area contributed by atoms with Crippen LogP contribution in [0, 0.1) is 5.41 Å². The smallest absolute Gasteiger partial charge is 0.224 e. The van der Waals surface area contributed by atoms with E-state index < -0.39 is 0 Å². The molecule has 0 saturated heterocycles. The second-order valence-corrected chi connectivity index (χ2v) is 6.45. The molecule has 1 fully saturated rings. The van der Waals surface area contributed by atoms with Crippen molar-refractivity contribution in [3.8, 4) is 0 Å². The number of carbonyl (C=O) groups is 1. The zero-order chi connectivity index (χ0) is 13.8. The Hall–Kier alpha value is -0.830. The van der Waals surface area contributed by atoms with E-state index in [9.17, 15) is 4.79 Å². The van der Waals surface area contributed by atoms with Gasteiger partial charge in [-0.2, -0.15) is 0 Å². The third-order valence-electron chi connectivity index (χ3n) is 3.92. The van der Waals surface area contributed by atoms with Crippen molar-refractivity contribution in [2.75, 3.05) is 6.54 Å². The van der Waals surface area contributed by atoms with Gasteiger partial charge < -0.3 is 10.6 Å². The lowest BCUT2D eigenvalue weighted by atomic mass is 9.85. The van der Waals surface area contributed by atoms with Crippen LogP contribution < -0.4 is 5.73 Å². The van der Waals surface area contributed by atoms with Gasteiger partial charge >= 0.3 is 0 Å². The first-order valence-electron chi connectivity index (χ1n) is 7.02. The molecule has 1 aliphatic carbocycles. The Morgan fingerprint density at radius 1 is 1.44 bits per heavy atom. The van der Waals surface area contributed by atoms with Crippen molar-refractivity contribution in [2.24, 2.45) is 11.1 Å². The van der Waals surface area contributed by atoms with Gasteiger partial charge in [0.15, 0.2) is 0 Å². The van der Waals surface area contributed by atoms with Crippen LogP contribution in [0.25, 0.3) is 0 Å². The maximum Gasteiger partial charge on any atom is 0.224 e. The fourth-order valence-electron chi connectivity index (χ4n) is 2.42. The second kappa shape index (κ2) is 6.37. The first-order valence-corrected chi connectivity index (χ1v) is 7.02. The molecule has 3 nitrogen and oxygen atoms in total. The lowest BCUT2D eigenvalue weighted by molar-refractivity contribution is -0.133. The first kappa shape index (κ1) is 15.2. The normalized spacial score (nSPS) is 18.7. The van der Waals surface area contributed by atoms with E-state index in [1.807, 2.05) is 11.0 Å². The van der Waals surface area contributed by atoms with Crippen molar-refractivity contribution in [3.05, 3.63) is 12.7 Å². The highest BCUT2D eigenvalue weighted by Crippen LogP contribution is 2.26. The minimum absolute atomic E-state index is 0.0226. The molecule has 0 bridgehead atoms. The van der Waals surface area contributed by atoms with Gasteiger partial charge in [-0.15, -0.1) is 6.58 Å². The van der Waals surface area contributed by atoms with Crippen LogP contribution in [-0.2, 0) is 4.79 Å². The highest BCUT2D eigenvalue weighted by molar-refractivity contribution is 5.77. The Morgan fingerprint density at radius 2 is 2.00 bits per heavy atom. The number of nitrogens with two attached hydrogens (primary N) is 1. The van der Waals surface area contributed by atoms with Crippen LogP contribution in [0.15, 0.2) is 12.7 Å². The summed E-state index contributed by atoms with van der Waals surface area (Å²) < 4.78 is 0. The zero-order valence-electron chi connectivity index (χ0n) is 12.1. The Labute approximate surface area is 111 Å². The van der Waals surface area contributed by atoms with E-state index >= 15 is 0 Å². The SMILES string of the molecule is C=CCN(C(=O)CC(N)C(C)(C)C)C1CCCC1. The Bertz CT molecular complexity index is 287. The molecule has 104 valence electrons. The molecule has 1 rings (SSSR count). The molecule has 0 aromatic heterocycles. The van der Waals surface area contributed by atoms with E-state index in [-0.39, 0.29) is 17.4 Å². The van der Waals surface area contributed by atoms with Crippen molar-refractivity contribution in [1.82, 2.24) is 4.90 Å². The standard InChI is InChI=1S/C15H28N2O/c1-5-10-17(12-8-6-7-9-12)14(18)11-13(16)15(2,3)4/h5,12-13H,1,6-11,16H2,2-4H3. The number of hydrogen-bond acceptors (Lipinski definition) is 2. The van der Waals surface area contributed by atoms with Crippen molar-refractivity contribution >= 4 is 5.91 Å². The largest absolute Gasteiger partial charge is 0.336 e. The topological polar surface area (TPSA) is 46.3 Å². The molecular formula is C15H28N2O. The summed E-state index contributed by atoms with van der Waals surface area (Å²) in [5.41, 5.74) is 6.09. The molecule has 1 saturated carbocycles. The quantitative estimate of drug-likeness (QED) is 0.765. The van der Waals surface area contributed by atoms with Crippen LogP contribution in [0.4, 0.5) is 0 Å². The minimum atomic E-state index is -0.0845. The van der Waals surface area contributed by atoms with Crippen LogP contribution in [0.2, 0.25) is 0 Å². The summed E-state index contributed by atoms with van der Waals surface area (Å²) in [5, 5.41) is 0. The molecule has 0 heterocycles. The number of hydrogen-bond donors (Lipinski definition) is 1. The van der Waals surface area contributed by atoms with E-state index in [1.165, 1.54) is 12.8 Å². The summed E-state index contributed by atoms with van der Waals surface area (Å²) in [6.07, 6.45) is 6.98. The highest BCUT2D eigenvalue weighted by atomic mass is 16.2. The van der Waals surface area contributed by atoms with Crippen LogP contribution >= 0.6 is 0 Å². The molecular weight excluding hydrogens is 224 g/mol. The monoisotopic (exact) mass is 252 g/mol. The van der Waals surface area contributed by atoms with Crippen molar-refractivity contribution < 1.29 is 4.79 Å². The predicted molar refractivity (Wildman–Crippen MR) is 76.2 cm³/mol. The number of nitrogens with zero attached hydrogens (tertiary/aromatic N) is 1. The molecule has 1 atom stereocenters. The molecule has 1 aliphatic rings. The Balaban J connectivity index is 2.62. The van der Waals surface area contributed by atoms with E-state index in [0.717, 1.165) is 12.8 Å². The van der Waals surface area contributed by atoms with Gasteiger partial charge in [0.05, 0.1) is 0 Å². The number of rotatable bonds is 5. The van der Waals surface area contributed by atoms with E-state index in [0.29, 0.717) is 19.0 Å². The summed E-state index contributed by atoms with van der Waals surface area (Å²) in [5.74, 6) is 0.184. The van der Waals surface area contributed by atoms with Gasteiger partial charge in [-0.25, -0.2) is 0 Å². The second-order valence-electron chi connectivity index (χ2n) is 6.45. The first-order chi connectivity index (χ1) is 8.36. The average molecular weight is 252 g/mol. The molecule has 0 aliphatic heterocycles. The summed E-state index contributed by atoms with van der Waals surface area (Å²) in [6.45, 7) is 10.7. The molecule has 0 spiro atoms. The van der Waals surface area contributed by atoms with Gasteiger partial charge in [-0.05, 0) is 18.3 Å². The molecule has 18 heavy (non-hydrogen) atoms. The van der Waals surface area contributed by atoms with Gasteiger partial charge in [0.25, 0.3) is 0 Å². The predicted octanol–water partition coefficient (Wildman–Crippen LogP) is 2.71. The van der Waals surface area contributed by atoms with Crippen LogP contribution in [0.5, 0.6) is 0 Å². The van der Waals surface area contributed by atoms with Gasteiger partial charge in [-0.1, -0.05) is 39.7 Å². The van der Waals surface area contributed by atoms with Crippen LogP contribution in [0.1, 0.15) is 52.9 Å². The fourth-order valence-corrected chi connectivity index (χ4v) is 2.42. The van der Waals surface area contributed by atoms with Crippen LogP contribution in [0.3, 0.4) is 0 Å². The summed E-state index contributed by atoms with van der Waals surface area (Å²) in [7, 11) is 0. The Morgan fingerprint density at radius 3 is 2.44 bits per heavy atom. The van der Waals surface area contributed by atoms with E-state index in [4.69, 9.17) is 5.73 Å². The maximum atomic E-state index is 12.4. The van der Waals surface area contributed by atoms with Gasteiger partial charge in [0.1, 0.15) is 0 Å². The Kier molecular flexibility index (Phi) is 5.39. The van der Waals surface area contributed by atoms with E-state index in [2.05, 4.69) is 27.4 Å². The summed E-state index contributed by atoms with van der Waals surface area (Å²) in [4.78, 5) is 14.4. The minimum Gasteiger partial charge on any atom is -0.336 e. The lowest BCUT2D eigenvalue weighted by Gasteiger charge is -2.32. The molecule has 0 aromatic carbocycles. The number of carbonyl (C=O) groups excluding carboxylic acids is 1. The third-order valence-corrected chi connectivity index (χ3v) is 3.92. The number of amides is 1. The maximum absolute atomic E-state index is 12.4. The highest BCUT2D eigenvalue weighted by Gasteiger charge is 2.29. The summed E-state index contributed by atoms with van der Waals surface area (Å²) in [6, 6.07) is 0.321. The summed E-state index contributed by atoms with van der Waals surface area (Å²) >= 11 is 0. The molecule has 1 amide bonds. The van der Waals surface area contributed by atoms with Gasteiger partial charge in [-0.3, -0.25) is 4.79 Å². The fraction of sp³-hybridized carbons (Fsp3) is 0.800. The molecule has 1 unspecified atom stereocenters. The van der Waals surface area contributed by atoms with Gasteiger partial charge in [0, 0.05) is 25.0 Å². The van der Waals surface area contributed by atoms with Crippen molar-refractivity contribution in [2.45, 2.75) is 65.0 Å². The molecule has 0 aromatic rings. The van der Waals surface area contributed by atoms with Gasteiger partial charge in [0.2, 0.25) is 5.91 Å². The van der Waals surface area contributed by atoms with Crippen molar-refractivity contribution in [3.63, 3.8) is 0 Å². The lowest BCUT2D eigenvalue weighted by Crippen LogP contribution is -2.45. The average Bonchev–Trinajstić information content (AvgIpc) is 2.77. The van der Waals surface area contributed by atoms with E-state index in [1.54, 1.807) is 0 Å². The molecule has 3 heteroatoms.